The Morgan fingerprint density at radius 1 is 1.47 bits per heavy atom. The van der Waals surface area contributed by atoms with Gasteiger partial charge in [-0.2, -0.15) is 13.2 Å². The summed E-state index contributed by atoms with van der Waals surface area (Å²) in [6.45, 7) is -1.44. The molecular formula is C10H13F3O2. The van der Waals surface area contributed by atoms with Gasteiger partial charge < -0.3 is 4.74 Å². The molecular weight excluding hydrogens is 209 g/mol. The summed E-state index contributed by atoms with van der Waals surface area (Å²) in [5, 5.41) is 0. The molecule has 15 heavy (non-hydrogen) atoms. The summed E-state index contributed by atoms with van der Waals surface area (Å²) >= 11 is 0. The Kier molecular flexibility index (Phi) is 4.32. The quantitative estimate of drug-likeness (QED) is 0.668. The summed E-state index contributed by atoms with van der Waals surface area (Å²) in [6, 6.07) is 0. The number of hydrogen-bond donors (Lipinski definition) is 0. The van der Waals surface area contributed by atoms with Crippen LogP contribution in [0.25, 0.3) is 0 Å². The van der Waals surface area contributed by atoms with Crippen molar-refractivity contribution in [1.29, 1.82) is 0 Å². The van der Waals surface area contributed by atoms with Gasteiger partial charge in [0.05, 0.1) is 6.61 Å². The topological polar surface area (TPSA) is 26.3 Å². The lowest BCUT2D eigenvalue weighted by molar-refractivity contribution is -0.174. The Hall–Kier alpha value is -0.840. The van der Waals surface area contributed by atoms with Gasteiger partial charge in [0.2, 0.25) is 0 Å². The van der Waals surface area contributed by atoms with E-state index < -0.39 is 12.8 Å². The molecule has 0 aromatic rings. The number of Topliss-reactive ketones (excluding diaryl/α,β-unsaturated/α-hetero) is 1. The fourth-order valence-corrected chi connectivity index (χ4v) is 1.44. The van der Waals surface area contributed by atoms with E-state index in [0.29, 0.717) is 0 Å². The van der Waals surface area contributed by atoms with Crippen LogP contribution in [0.4, 0.5) is 13.2 Å². The maximum Gasteiger partial charge on any atom is 0.411 e. The minimum Gasteiger partial charge on any atom is -0.372 e. The van der Waals surface area contributed by atoms with Gasteiger partial charge in [-0.15, -0.1) is 0 Å². The van der Waals surface area contributed by atoms with E-state index in [-0.39, 0.29) is 18.8 Å². The normalized spacial score (nSPS) is 16.6. The lowest BCUT2D eigenvalue weighted by Gasteiger charge is -2.07. The molecule has 5 heteroatoms. The highest BCUT2D eigenvalue weighted by molar-refractivity contribution is 5.95. The van der Waals surface area contributed by atoms with Crippen LogP contribution in [0.1, 0.15) is 25.7 Å². The van der Waals surface area contributed by atoms with Crippen LogP contribution in [0.5, 0.6) is 0 Å². The molecule has 0 atom stereocenters. The second kappa shape index (κ2) is 5.30. The summed E-state index contributed by atoms with van der Waals surface area (Å²) in [6.07, 6.45) is 0.191. The van der Waals surface area contributed by atoms with Crippen LogP contribution in [-0.4, -0.2) is 25.2 Å². The van der Waals surface area contributed by atoms with Crippen molar-refractivity contribution in [2.75, 3.05) is 13.2 Å². The molecule has 0 spiro atoms. The number of allylic oxidation sites excluding steroid dienone is 2. The van der Waals surface area contributed by atoms with Crippen LogP contribution in [0.15, 0.2) is 11.6 Å². The first kappa shape index (κ1) is 12.2. The van der Waals surface area contributed by atoms with Crippen LogP contribution in [-0.2, 0) is 9.53 Å². The first-order valence-corrected chi connectivity index (χ1v) is 4.86. The van der Waals surface area contributed by atoms with Crippen molar-refractivity contribution in [2.45, 2.75) is 31.9 Å². The second-order valence-corrected chi connectivity index (χ2v) is 3.46. The fourth-order valence-electron chi connectivity index (χ4n) is 1.44. The lowest BCUT2D eigenvalue weighted by atomic mass is 10.1. The molecule has 0 bridgehead atoms. The van der Waals surface area contributed by atoms with E-state index in [0.717, 1.165) is 24.8 Å². The van der Waals surface area contributed by atoms with Gasteiger partial charge in [0, 0.05) is 6.42 Å². The monoisotopic (exact) mass is 222 g/mol. The highest BCUT2D eigenvalue weighted by atomic mass is 19.4. The minimum absolute atomic E-state index is 0.0436. The number of ketones is 1. The molecule has 0 N–H and O–H groups in total. The standard InChI is InChI=1S/C10H13F3O2/c11-10(12,13)7-15-6-5-9(14)8-3-1-2-4-8/h3H,1-2,4-7H2. The van der Waals surface area contributed by atoms with E-state index >= 15 is 0 Å². The zero-order chi connectivity index (χ0) is 11.3. The first-order chi connectivity index (χ1) is 6.99. The molecule has 0 unspecified atom stereocenters. The van der Waals surface area contributed by atoms with Crippen LogP contribution in [0.2, 0.25) is 0 Å². The number of rotatable bonds is 5. The number of halogens is 3. The largest absolute Gasteiger partial charge is 0.411 e. The molecule has 1 aliphatic rings. The molecule has 86 valence electrons. The SMILES string of the molecule is O=C(CCOCC(F)(F)F)C1=CCCC1. The van der Waals surface area contributed by atoms with Crippen LogP contribution < -0.4 is 0 Å². The molecule has 0 aromatic carbocycles. The molecule has 0 saturated heterocycles. The van der Waals surface area contributed by atoms with Gasteiger partial charge in [0.25, 0.3) is 0 Å². The van der Waals surface area contributed by atoms with Crippen molar-refractivity contribution in [2.24, 2.45) is 0 Å². The van der Waals surface area contributed by atoms with Gasteiger partial charge >= 0.3 is 6.18 Å². The van der Waals surface area contributed by atoms with E-state index in [1.165, 1.54) is 0 Å². The second-order valence-electron chi connectivity index (χ2n) is 3.46. The average molecular weight is 222 g/mol. The van der Waals surface area contributed by atoms with Crippen molar-refractivity contribution < 1.29 is 22.7 Å². The van der Waals surface area contributed by atoms with Crippen LogP contribution in [0, 0.1) is 0 Å². The smallest absolute Gasteiger partial charge is 0.372 e. The van der Waals surface area contributed by atoms with E-state index in [1.807, 2.05) is 6.08 Å². The van der Waals surface area contributed by atoms with Gasteiger partial charge in [-0.05, 0) is 24.8 Å². The van der Waals surface area contributed by atoms with Crippen molar-refractivity contribution in [1.82, 2.24) is 0 Å². The molecule has 0 amide bonds. The van der Waals surface area contributed by atoms with Crippen LogP contribution in [0.3, 0.4) is 0 Å². The summed E-state index contributed by atoms with van der Waals surface area (Å²) in [4.78, 5) is 11.3. The number of carbonyl (C=O) groups is 1. The van der Waals surface area contributed by atoms with E-state index in [2.05, 4.69) is 4.74 Å². The first-order valence-electron chi connectivity index (χ1n) is 4.86. The van der Waals surface area contributed by atoms with Gasteiger partial charge in [-0.25, -0.2) is 0 Å². The Bertz CT molecular complexity index is 256. The third kappa shape index (κ3) is 4.97. The van der Waals surface area contributed by atoms with E-state index in [9.17, 15) is 18.0 Å². The van der Waals surface area contributed by atoms with E-state index in [4.69, 9.17) is 0 Å². The van der Waals surface area contributed by atoms with Gasteiger partial charge in [-0.3, -0.25) is 4.79 Å². The average Bonchev–Trinajstić information content (AvgIpc) is 2.63. The third-order valence-corrected chi connectivity index (χ3v) is 2.14. The molecule has 0 saturated carbocycles. The summed E-state index contributed by atoms with van der Waals surface area (Å²) in [5.74, 6) is -0.0883. The zero-order valence-electron chi connectivity index (χ0n) is 8.27. The lowest BCUT2D eigenvalue weighted by Crippen LogP contribution is -2.18. The maximum absolute atomic E-state index is 11.7. The molecule has 0 aliphatic heterocycles. The molecule has 0 fully saturated rings. The molecule has 0 aromatic heterocycles. The molecule has 0 heterocycles. The Labute approximate surface area is 86.1 Å². The molecule has 1 rings (SSSR count). The minimum atomic E-state index is -4.31. The van der Waals surface area contributed by atoms with Crippen LogP contribution >= 0.6 is 0 Å². The van der Waals surface area contributed by atoms with Crippen molar-refractivity contribution in [3.05, 3.63) is 11.6 Å². The van der Waals surface area contributed by atoms with E-state index in [1.54, 1.807) is 0 Å². The third-order valence-electron chi connectivity index (χ3n) is 2.14. The summed E-state index contributed by atoms with van der Waals surface area (Å²) < 4.78 is 39.3. The predicted octanol–water partition coefficient (Wildman–Crippen LogP) is 2.63. The van der Waals surface area contributed by atoms with Crippen molar-refractivity contribution in [3.8, 4) is 0 Å². The van der Waals surface area contributed by atoms with Crippen molar-refractivity contribution in [3.63, 3.8) is 0 Å². The van der Waals surface area contributed by atoms with Gasteiger partial charge in [0.1, 0.15) is 6.61 Å². The van der Waals surface area contributed by atoms with Gasteiger partial charge in [0.15, 0.2) is 5.78 Å². The molecule has 0 radical (unpaired) electrons. The Morgan fingerprint density at radius 3 is 2.73 bits per heavy atom. The Morgan fingerprint density at radius 2 is 2.20 bits per heavy atom. The fraction of sp³-hybridized carbons (Fsp3) is 0.700. The summed E-state index contributed by atoms with van der Waals surface area (Å²) in [5.41, 5.74) is 0.741. The Balaban J connectivity index is 2.12. The summed E-state index contributed by atoms with van der Waals surface area (Å²) in [7, 11) is 0. The number of alkyl halides is 3. The highest BCUT2D eigenvalue weighted by Crippen LogP contribution is 2.19. The number of ether oxygens (including phenoxy) is 1. The molecule has 1 aliphatic carbocycles. The highest BCUT2D eigenvalue weighted by Gasteiger charge is 2.27. The maximum atomic E-state index is 11.7. The molecule has 2 nitrogen and oxygen atoms in total. The van der Waals surface area contributed by atoms with Gasteiger partial charge in [-0.1, -0.05) is 6.08 Å². The number of carbonyl (C=O) groups excluding carboxylic acids is 1. The van der Waals surface area contributed by atoms with Crippen molar-refractivity contribution >= 4 is 5.78 Å². The predicted molar refractivity (Wildman–Crippen MR) is 48.4 cm³/mol. The zero-order valence-corrected chi connectivity index (χ0v) is 8.27. The number of hydrogen-bond acceptors (Lipinski definition) is 2.